The summed E-state index contributed by atoms with van der Waals surface area (Å²) in [6, 6.07) is 2.87. The third-order valence-corrected chi connectivity index (χ3v) is 4.46. The fourth-order valence-corrected chi connectivity index (χ4v) is 3.35. The number of aromatic hydroxyl groups is 1. The highest BCUT2D eigenvalue weighted by molar-refractivity contribution is 8.26. The summed E-state index contributed by atoms with van der Waals surface area (Å²) in [6.07, 6.45) is 1.48. The summed E-state index contributed by atoms with van der Waals surface area (Å²) < 4.78 is 0.171. The number of carboxylic acid groups (broad SMARTS) is 1. The van der Waals surface area contributed by atoms with Crippen molar-refractivity contribution in [1.82, 2.24) is 4.90 Å². The predicted molar refractivity (Wildman–Crippen MR) is 85.6 cm³/mol. The lowest BCUT2D eigenvalue weighted by Gasteiger charge is -2.10. The zero-order valence-electron chi connectivity index (χ0n) is 10.2. The number of amides is 1. The largest absolute Gasteiger partial charge is 0.505 e. The second kappa shape index (κ2) is 6.23. The Bertz CT molecular complexity index is 667. The van der Waals surface area contributed by atoms with Crippen LogP contribution in [0.25, 0.3) is 6.08 Å². The molecule has 2 N–H and O–H groups in total. The minimum absolute atomic E-state index is 0.0507. The molecule has 1 aromatic carbocycles. The Labute approximate surface area is 139 Å². The SMILES string of the molecule is O=C(O)CN1C(=O)/C(=C/c2cc(Cl)c(O)c(Cl)c2)SC1=S. The van der Waals surface area contributed by atoms with Gasteiger partial charge in [0, 0.05) is 0 Å². The van der Waals surface area contributed by atoms with Gasteiger partial charge in [0.15, 0.2) is 5.75 Å². The van der Waals surface area contributed by atoms with Crippen molar-refractivity contribution in [1.29, 1.82) is 0 Å². The molecule has 0 unspecified atom stereocenters. The number of carbonyl (C=O) groups excluding carboxylic acids is 1. The number of carboxylic acids is 1. The fourth-order valence-electron chi connectivity index (χ4n) is 1.59. The number of nitrogens with zero attached hydrogens (tertiary/aromatic N) is 1. The number of hydrogen-bond acceptors (Lipinski definition) is 5. The molecule has 1 aliphatic heterocycles. The first-order valence-corrected chi connectivity index (χ1v) is 7.43. The summed E-state index contributed by atoms with van der Waals surface area (Å²) in [5.74, 6) is -1.88. The van der Waals surface area contributed by atoms with Crippen LogP contribution in [0.4, 0.5) is 0 Å². The summed E-state index contributed by atoms with van der Waals surface area (Å²) >= 11 is 17.6. The topological polar surface area (TPSA) is 77.8 Å². The van der Waals surface area contributed by atoms with Crippen LogP contribution in [0, 0.1) is 0 Å². The van der Waals surface area contributed by atoms with Crippen LogP contribution in [0.2, 0.25) is 10.0 Å². The molecule has 2 rings (SSSR count). The van der Waals surface area contributed by atoms with Gasteiger partial charge >= 0.3 is 5.97 Å². The third kappa shape index (κ3) is 3.49. The molecular weight excluding hydrogens is 357 g/mol. The van der Waals surface area contributed by atoms with Crippen molar-refractivity contribution in [2.45, 2.75) is 0 Å². The van der Waals surface area contributed by atoms with Gasteiger partial charge in [-0.3, -0.25) is 14.5 Å². The molecule has 1 fully saturated rings. The van der Waals surface area contributed by atoms with E-state index in [2.05, 4.69) is 0 Å². The van der Waals surface area contributed by atoms with Gasteiger partial charge < -0.3 is 10.2 Å². The van der Waals surface area contributed by atoms with Crippen LogP contribution >= 0.6 is 47.2 Å². The molecule has 0 bridgehead atoms. The van der Waals surface area contributed by atoms with Gasteiger partial charge in [0.25, 0.3) is 5.91 Å². The molecule has 1 aliphatic rings. The minimum Gasteiger partial charge on any atom is -0.505 e. The minimum atomic E-state index is -1.15. The maximum atomic E-state index is 12.1. The van der Waals surface area contributed by atoms with Gasteiger partial charge in [0.05, 0.1) is 15.0 Å². The molecule has 1 saturated heterocycles. The number of rotatable bonds is 3. The van der Waals surface area contributed by atoms with Crippen molar-refractivity contribution in [3.8, 4) is 5.75 Å². The average molecular weight is 364 g/mol. The molecule has 0 saturated carbocycles. The molecule has 9 heteroatoms. The Morgan fingerprint density at radius 1 is 1.38 bits per heavy atom. The zero-order chi connectivity index (χ0) is 15.7. The monoisotopic (exact) mass is 363 g/mol. The lowest BCUT2D eigenvalue weighted by atomic mass is 10.2. The molecule has 5 nitrogen and oxygen atoms in total. The van der Waals surface area contributed by atoms with Crippen LogP contribution in [-0.4, -0.2) is 37.9 Å². The summed E-state index contributed by atoms with van der Waals surface area (Å²) in [4.78, 5) is 24.0. The lowest BCUT2D eigenvalue weighted by Crippen LogP contribution is -2.33. The number of hydrogen-bond donors (Lipinski definition) is 2. The molecule has 1 aromatic rings. The molecule has 1 amide bonds. The summed E-state index contributed by atoms with van der Waals surface area (Å²) in [5, 5.41) is 18.3. The van der Waals surface area contributed by atoms with Crippen LogP contribution in [0.5, 0.6) is 5.75 Å². The molecule has 0 radical (unpaired) electrons. The van der Waals surface area contributed by atoms with E-state index in [4.69, 9.17) is 40.5 Å². The lowest BCUT2D eigenvalue weighted by molar-refractivity contribution is -0.140. The predicted octanol–water partition coefficient (Wildman–Crippen LogP) is 2.98. The van der Waals surface area contributed by atoms with Gasteiger partial charge in [0.2, 0.25) is 0 Å². The maximum absolute atomic E-state index is 12.1. The van der Waals surface area contributed by atoms with Crippen molar-refractivity contribution in [2.24, 2.45) is 0 Å². The van der Waals surface area contributed by atoms with Crippen molar-refractivity contribution in [3.05, 3.63) is 32.6 Å². The van der Waals surface area contributed by atoms with E-state index in [0.717, 1.165) is 16.7 Å². The van der Waals surface area contributed by atoms with Crippen molar-refractivity contribution in [2.75, 3.05) is 6.54 Å². The van der Waals surface area contributed by atoms with E-state index in [1.54, 1.807) is 0 Å². The van der Waals surface area contributed by atoms with Gasteiger partial charge in [0.1, 0.15) is 10.9 Å². The Morgan fingerprint density at radius 2 is 1.95 bits per heavy atom. The normalized spacial score (nSPS) is 16.9. The average Bonchev–Trinajstić information content (AvgIpc) is 2.63. The van der Waals surface area contributed by atoms with Gasteiger partial charge in [-0.05, 0) is 23.8 Å². The van der Waals surface area contributed by atoms with E-state index in [0.29, 0.717) is 5.56 Å². The number of thiocarbonyl (C=S) groups is 1. The van der Waals surface area contributed by atoms with Crippen LogP contribution in [-0.2, 0) is 9.59 Å². The van der Waals surface area contributed by atoms with Crippen molar-refractivity contribution in [3.63, 3.8) is 0 Å². The zero-order valence-corrected chi connectivity index (χ0v) is 13.3. The highest BCUT2D eigenvalue weighted by atomic mass is 35.5. The Morgan fingerprint density at radius 3 is 2.48 bits per heavy atom. The molecule has 1 heterocycles. The van der Waals surface area contributed by atoms with Crippen LogP contribution in [0.15, 0.2) is 17.0 Å². The number of benzene rings is 1. The van der Waals surface area contributed by atoms with Gasteiger partial charge in [-0.15, -0.1) is 0 Å². The van der Waals surface area contributed by atoms with E-state index in [9.17, 15) is 14.7 Å². The summed E-state index contributed by atoms with van der Waals surface area (Å²) in [7, 11) is 0. The molecule has 0 atom stereocenters. The molecule has 0 aliphatic carbocycles. The molecule has 0 aromatic heterocycles. The van der Waals surface area contributed by atoms with E-state index >= 15 is 0 Å². The summed E-state index contributed by atoms with van der Waals surface area (Å²) in [5.41, 5.74) is 0.499. The smallest absolute Gasteiger partial charge is 0.323 e. The number of phenols is 1. The van der Waals surface area contributed by atoms with Crippen molar-refractivity contribution < 1.29 is 19.8 Å². The van der Waals surface area contributed by atoms with E-state index in [1.165, 1.54) is 18.2 Å². The van der Waals surface area contributed by atoms with Gasteiger partial charge in [-0.2, -0.15) is 0 Å². The molecule has 110 valence electrons. The van der Waals surface area contributed by atoms with E-state index < -0.39 is 18.4 Å². The second-order valence-corrected chi connectivity index (χ2v) is 6.48. The Hall–Kier alpha value is -1.28. The molecule has 0 spiro atoms. The number of carbonyl (C=O) groups is 2. The standard InChI is InChI=1S/C12H7Cl2NO4S2/c13-6-1-5(2-7(14)10(6)18)3-8-11(19)15(4-9(16)17)12(20)21-8/h1-3,18H,4H2,(H,16,17)/b8-3-. The second-order valence-electron chi connectivity index (χ2n) is 3.99. The van der Waals surface area contributed by atoms with Gasteiger partial charge in [-0.25, -0.2) is 0 Å². The van der Waals surface area contributed by atoms with Crippen molar-refractivity contribution >= 4 is 69.5 Å². The number of aliphatic carboxylic acids is 1. The van der Waals surface area contributed by atoms with Crippen LogP contribution in [0.3, 0.4) is 0 Å². The first-order chi connectivity index (χ1) is 9.79. The highest BCUT2D eigenvalue weighted by Crippen LogP contribution is 2.36. The fraction of sp³-hybridized carbons (Fsp3) is 0.0833. The Kier molecular flexibility index (Phi) is 4.77. The van der Waals surface area contributed by atoms with Gasteiger partial charge in [-0.1, -0.05) is 47.2 Å². The first-order valence-electron chi connectivity index (χ1n) is 5.44. The van der Waals surface area contributed by atoms with E-state index in [1.807, 2.05) is 0 Å². The quantitative estimate of drug-likeness (QED) is 0.634. The van der Waals surface area contributed by atoms with Crippen LogP contribution < -0.4 is 0 Å². The third-order valence-electron chi connectivity index (χ3n) is 2.50. The molecular formula is C12H7Cl2NO4S2. The first kappa shape index (κ1) is 16.1. The van der Waals surface area contributed by atoms with Crippen LogP contribution in [0.1, 0.15) is 5.56 Å². The highest BCUT2D eigenvalue weighted by Gasteiger charge is 2.33. The summed E-state index contributed by atoms with van der Waals surface area (Å²) in [6.45, 7) is -0.487. The maximum Gasteiger partial charge on any atom is 0.323 e. The van der Waals surface area contributed by atoms with E-state index in [-0.39, 0.29) is 25.0 Å². The molecule has 21 heavy (non-hydrogen) atoms. The number of thioether (sulfide) groups is 1. The number of halogens is 2. The Balaban J connectivity index is 2.33. The number of phenolic OH excluding ortho intramolecular Hbond substituents is 1.